The second kappa shape index (κ2) is 7.79. The third kappa shape index (κ3) is 365. The largest absolute Gasteiger partial charge is 1.00 e. The molecule has 0 saturated carbocycles. The second-order valence-electron chi connectivity index (χ2n) is 0.448. The number of hydrogen-bond acceptors (Lipinski definition) is 4. The summed E-state index contributed by atoms with van der Waals surface area (Å²) in [6.45, 7) is 0. The summed E-state index contributed by atoms with van der Waals surface area (Å²) >= 11 is 0. The minimum absolute atomic E-state index is 0. The summed E-state index contributed by atoms with van der Waals surface area (Å²) in [6, 6.07) is 0. The molecular weight excluding hydrogens is 151 g/mol. The van der Waals surface area contributed by atoms with Gasteiger partial charge in [-0.1, -0.05) is 0 Å². The molecular formula is H5NaO6S. The van der Waals surface area contributed by atoms with E-state index in [-0.39, 0.29) is 31.0 Å². The van der Waals surface area contributed by atoms with Gasteiger partial charge in [0.05, 0.1) is 0 Å². The fraction of sp³-hybridized carbons (Fsp3) is 0. The quantitative estimate of drug-likeness (QED) is 0.125. The number of hydrogen-bond donors (Lipinski definition) is 4. The molecule has 0 aliphatic rings. The van der Waals surface area contributed by atoms with E-state index in [1.165, 1.54) is 0 Å². The Hall–Kier alpha value is 0.790. The summed E-state index contributed by atoms with van der Waals surface area (Å²) in [5.41, 5.74) is 0. The SMILES string of the molecule is O=S(=O)(O)O.OO.[H-].[Na+]. The van der Waals surface area contributed by atoms with Gasteiger partial charge in [0, 0.05) is 0 Å². The molecule has 48 valence electrons. The molecule has 4 N–H and O–H groups in total. The molecule has 0 radical (unpaired) electrons. The van der Waals surface area contributed by atoms with Crippen LogP contribution in [0.4, 0.5) is 0 Å². The van der Waals surface area contributed by atoms with Crippen LogP contribution in [0.2, 0.25) is 0 Å². The van der Waals surface area contributed by atoms with E-state index in [4.69, 9.17) is 28.0 Å². The first kappa shape index (κ1) is 15.9. The van der Waals surface area contributed by atoms with Gasteiger partial charge in [-0.05, 0) is 0 Å². The van der Waals surface area contributed by atoms with E-state index in [9.17, 15) is 0 Å². The van der Waals surface area contributed by atoms with Crippen molar-refractivity contribution in [2.24, 2.45) is 0 Å². The molecule has 0 bridgehead atoms. The fourth-order valence-electron chi connectivity index (χ4n) is 0. The predicted octanol–water partition coefficient (Wildman–Crippen LogP) is -3.52. The maximum absolute atomic E-state index is 8.74. The zero-order valence-corrected chi connectivity index (χ0v) is 6.83. The molecule has 6 nitrogen and oxygen atoms in total. The van der Waals surface area contributed by atoms with Gasteiger partial charge >= 0.3 is 40.0 Å². The third-order valence-electron chi connectivity index (χ3n) is 0. The Bertz CT molecular complexity index is 96.2. The molecule has 0 aliphatic carbocycles. The molecule has 0 saturated heterocycles. The van der Waals surface area contributed by atoms with E-state index in [1.54, 1.807) is 0 Å². The van der Waals surface area contributed by atoms with Crippen molar-refractivity contribution in [2.75, 3.05) is 0 Å². The summed E-state index contributed by atoms with van der Waals surface area (Å²) in [5, 5.41) is 12.0. The van der Waals surface area contributed by atoms with Crippen molar-refractivity contribution >= 4 is 10.4 Å². The Balaban J connectivity index is -0.0000000286. The minimum atomic E-state index is -4.67. The van der Waals surface area contributed by atoms with E-state index >= 15 is 0 Å². The first-order valence-corrected chi connectivity index (χ1v) is 2.30. The second-order valence-corrected chi connectivity index (χ2v) is 1.34. The monoisotopic (exact) mass is 156 g/mol. The number of rotatable bonds is 0. The topological polar surface area (TPSA) is 115 Å². The van der Waals surface area contributed by atoms with Gasteiger partial charge < -0.3 is 1.43 Å². The third-order valence-corrected chi connectivity index (χ3v) is 0. The van der Waals surface area contributed by atoms with Crippen LogP contribution >= 0.6 is 0 Å². The van der Waals surface area contributed by atoms with Crippen LogP contribution in [-0.4, -0.2) is 28.0 Å². The Labute approximate surface area is 69.4 Å². The van der Waals surface area contributed by atoms with Crippen molar-refractivity contribution in [3.05, 3.63) is 0 Å². The van der Waals surface area contributed by atoms with E-state index in [2.05, 4.69) is 0 Å². The van der Waals surface area contributed by atoms with Gasteiger partial charge in [-0.3, -0.25) is 19.6 Å². The van der Waals surface area contributed by atoms with Crippen LogP contribution in [0.25, 0.3) is 0 Å². The van der Waals surface area contributed by atoms with Crippen molar-refractivity contribution in [1.29, 1.82) is 0 Å². The van der Waals surface area contributed by atoms with Crippen LogP contribution < -0.4 is 29.6 Å². The van der Waals surface area contributed by atoms with Crippen molar-refractivity contribution in [1.82, 2.24) is 0 Å². The van der Waals surface area contributed by atoms with Crippen LogP contribution in [0.3, 0.4) is 0 Å². The maximum atomic E-state index is 8.74. The molecule has 0 rings (SSSR count). The maximum Gasteiger partial charge on any atom is 1.00 e. The van der Waals surface area contributed by atoms with Crippen LogP contribution in [0.1, 0.15) is 1.43 Å². The minimum Gasteiger partial charge on any atom is -1.00 e. The standard InChI is InChI=1S/Na.H2O4S.H2O2.H/c;1-5(2,3)4;1-2;/h;(H2,1,2,3,4);1-2H;/q+1;;;-1. The predicted molar refractivity (Wildman–Crippen MR) is 20.5 cm³/mol. The molecule has 0 spiro atoms. The molecule has 0 atom stereocenters. The Morgan fingerprint density at radius 1 is 1.12 bits per heavy atom. The van der Waals surface area contributed by atoms with Crippen molar-refractivity contribution < 1.29 is 59.0 Å². The molecule has 0 amide bonds. The van der Waals surface area contributed by atoms with Crippen LogP contribution in [0.5, 0.6) is 0 Å². The molecule has 0 aromatic carbocycles. The zero-order valence-electron chi connectivity index (χ0n) is 5.01. The molecule has 8 heavy (non-hydrogen) atoms. The smallest absolute Gasteiger partial charge is 1.00 e. The fourth-order valence-corrected chi connectivity index (χ4v) is 0. The average molecular weight is 156 g/mol. The van der Waals surface area contributed by atoms with E-state index in [0.717, 1.165) is 0 Å². The zero-order chi connectivity index (χ0) is 6.50. The van der Waals surface area contributed by atoms with E-state index in [0.29, 0.717) is 0 Å². The van der Waals surface area contributed by atoms with Gasteiger partial charge in [0.1, 0.15) is 0 Å². The summed E-state index contributed by atoms with van der Waals surface area (Å²) in [4.78, 5) is 0. The first-order chi connectivity index (χ1) is 3.00. The van der Waals surface area contributed by atoms with Gasteiger partial charge in [0.15, 0.2) is 0 Å². The van der Waals surface area contributed by atoms with Gasteiger partial charge in [-0.15, -0.1) is 0 Å². The Morgan fingerprint density at radius 2 is 1.12 bits per heavy atom. The van der Waals surface area contributed by atoms with Gasteiger partial charge in [-0.2, -0.15) is 8.42 Å². The molecule has 0 aliphatic heterocycles. The van der Waals surface area contributed by atoms with Crippen molar-refractivity contribution in [3.8, 4) is 0 Å². The summed E-state index contributed by atoms with van der Waals surface area (Å²) in [6.07, 6.45) is 0. The van der Waals surface area contributed by atoms with Crippen LogP contribution in [0, 0.1) is 0 Å². The Kier molecular flexibility index (Phi) is 15.5. The summed E-state index contributed by atoms with van der Waals surface area (Å²) in [7, 11) is -4.67. The van der Waals surface area contributed by atoms with Gasteiger partial charge in [0.25, 0.3) is 0 Å². The molecule has 0 fully saturated rings. The average Bonchev–Trinajstić information content (AvgIpc) is 1.36. The van der Waals surface area contributed by atoms with Crippen LogP contribution in [0.15, 0.2) is 0 Å². The summed E-state index contributed by atoms with van der Waals surface area (Å²) < 4.78 is 31.6. The van der Waals surface area contributed by atoms with E-state index in [1.807, 2.05) is 0 Å². The molecule has 0 aromatic rings. The first-order valence-electron chi connectivity index (χ1n) is 0.898. The normalized spacial score (nSPS) is 8.00. The Morgan fingerprint density at radius 3 is 1.12 bits per heavy atom. The van der Waals surface area contributed by atoms with E-state index < -0.39 is 10.4 Å². The summed E-state index contributed by atoms with van der Waals surface area (Å²) in [5.74, 6) is 0. The molecule has 0 heterocycles. The van der Waals surface area contributed by atoms with Gasteiger partial charge in [0.2, 0.25) is 0 Å². The van der Waals surface area contributed by atoms with Crippen molar-refractivity contribution in [3.63, 3.8) is 0 Å². The van der Waals surface area contributed by atoms with Crippen molar-refractivity contribution in [2.45, 2.75) is 0 Å². The molecule has 0 unspecified atom stereocenters. The van der Waals surface area contributed by atoms with Crippen LogP contribution in [-0.2, 0) is 10.4 Å². The van der Waals surface area contributed by atoms with Gasteiger partial charge in [-0.25, -0.2) is 0 Å². The molecule has 0 aromatic heterocycles. The molecule has 8 heteroatoms.